The Balaban J connectivity index is 2.23. The first-order chi connectivity index (χ1) is 13.6. The highest BCUT2D eigenvalue weighted by Gasteiger charge is 2.30. The number of sulfonamides is 1. The van der Waals surface area contributed by atoms with Crippen LogP contribution >= 0.6 is 0 Å². The highest BCUT2D eigenvalue weighted by Crippen LogP contribution is 2.37. The van der Waals surface area contributed by atoms with Gasteiger partial charge in [-0.3, -0.25) is 4.31 Å². The van der Waals surface area contributed by atoms with E-state index in [9.17, 15) is 13.7 Å². The van der Waals surface area contributed by atoms with E-state index in [0.717, 1.165) is 16.8 Å². The number of aromatic nitrogens is 1. The maximum Gasteiger partial charge on any atom is 0.264 e. The number of nitriles is 1. The van der Waals surface area contributed by atoms with Crippen molar-refractivity contribution in [3.8, 4) is 17.3 Å². The van der Waals surface area contributed by atoms with E-state index in [2.05, 4.69) is 6.07 Å². The van der Waals surface area contributed by atoms with Crippen molar-refractivity contribution in [1.29, 1.82) is 5.26 Å². The zero-order valence-electron chi connectivity index (χ0n) is 17.3. The van der Waals surface area contributed by atoms with Crippen LogP contribution in [0.25, 0.3) is 11.3 Å². The van der Waals surface area contributed by atoms with Gasteiger partial charge in [-0.2, -0.15) is 5.26 Å². The molecule has 2 aromatic carbocycles. The Bertz CT molecular complexity index is 1160. The predicted octanol–water partition coefficient (Wildman–Crippen LogP) is 4.92. The maximum atomic E-state index is 13.2. The summed E-state index contributed by atoms with van der Waals surface area (Å²) in [5.74, 6) is 0. The van der Waals surface area contributed by atoms with E-state index in [4.69, 9.17) is 0 Å². The third-order valence-electron chi connectivity index (χ3n) is 4.85. The van der Waals surface area contributed by atoms with E-state index in [1.54, 1.807) is 30.3 Å². The molecule has 0 atom stereocenters. The third-order valence-corrected chi connectivity index (χ3v) is 6.63. The summed E-state index contributed by atoms with van der Waals surface area (Å²) >= 11 is 0. The average Bonchev–Trinajstić information content (AvgIpc) is 3.08. The molecule has 3 rings (SSSR count). The van der Waals surface area contributed by atoms with Crippen LogP contribution in [0.5, 0.6) is 0 Å². The van der Waals surface area contributed by atoms with Crippen molar-refractivity contribution in [2.75, 3.05) is 11.4 Å². The van der Waals surface area contributed by atoms with Crippen LogP contribution in [0.1, 0.15) is 32.0 Å². The monoisotopic (exact) mass is 407 g/mol. The molecule has 0 saturated carbocycles. The number of rotatable bonds is 4. The molecule has 0 unspecified atom stereocenters. The van der Waals surface area contributed by atoms with E-state index < -0.39 is 15.6 Å². The number of hydrogen-bond acceptors (Lipinski definition) is 3. The number of nitrogens with zero attached hydrogens (tertiary/aromatic N) is 3. The quantitative estimate of drug-likeness (QED) is 0.617. The summed E-state index contributed by atoms with van der Waals surface area (Å²) in [5, 5.41) is 9.95. The Kier molecular flexibility index (Phi) is 5.29. The number of hydrogen-bond donors (Lipinski definition) is 0. The van der Waals surface area contributed by atoms with Gasteiger partial charge in [0.15, 0.2) is 0 Å². The minimum absolute atomic E-state index is 0.194. The predicted molar refractivity (Wildman–Crippen MR) is 116 cm³/mol. The summed E-state index contributed by atoms with van der Waals surface area (Å²) in [4.78, 5) is 0.194. The number of anilines is 1. The zero-order valence-corrected chi connectivity index (χ0v) is 18.2. The van der Waals surface area contributed by atoms with E-state index >= 15 is 0 Å². The Morgan fingerprint density at radius 1 is 1.00 bits per heavy atom. The van der Waals surface area contributed by atoms with E-state index in [1.807, 2.05) is 62.6 Å². The van der Waals surface area contributed by atoms with Gasteiger partial charge in [-0.1, -0.05) is 48.0 Å². The Morgan fingerprint density at radius 2 is 1.59 bits per heavy atom. The topological polar surface area (TPSA) is 66.1 Å². The van der Waals surface area contributed by atoms with Crippen molar-refractivity contribution in [3.63, 3.8) is 0 Å². The van der Waals surface area contributed by atoms with Crippen LogP contribution in [0.2, 0.25) is 0 Å². The van der Waals surface area contributed by atoms with Crippen molar-refractivity contribution in [1.82, 2.24) is 4.57 Å². The molecule has 0 aliphatic heterocycles. The fourth-order valence-electron chi connectivity index (χ4n) is 3.36. The van der Waals surface area contributed by atoms with Crippen LogP contribution in [0, 0.1) is 18.3 Å². The summed E-state index contributed by atoms with van der Waals surface area (Å²) in [5.41, 5.74) is 2.97. The molecule has 0 saturated heterocycles. The Morgan fingerprint density at radius 3 is 2.10 bits per heavy atom. The summed E-state index contributed by atoms with van der Waals surface area (Å²) in [6.45, 7) is 7.90. The van der Waals surface area contributed by atoms with Crippen LogP contribution < -0.4 is 4.31 Å². The van der Waals surface area contributed by atoms with Crippen LogP contribution in [0.15, 0.2) is 65.6 Å². The van der Waals surface area contributed by atoms with Crippen LogP contribution in [-0.4, -0.2) is 20.0 Å². The van der Waals surface area contributed by atoms with Gasteiger partial charge < -0.3 is 4.57 Å². The normalized spacial score (nSPS) is 11.9. The number of benzene rings is 2. The van der Waals surface area contributed by atoms with Gasteiger partial charge in [0.1, 0.15) is 11.8 Å². The molecule has 3 aromatic rings. The van der Waals surface area contributed by atoms with Crippen LogP contribution in [-0.2, 0) is 15.6 Å². The minimum Gasteiger partial charge on any atom is -0.325 e. The van der Waals surface area contributed by atoms with E-state index in [-0.39, 0.29) is 4.90 Å². The molecular formula is C23H25N3O2S. The van der Waals surface area contributed by atoms with Crippen molar-refractivity contribution < 1.29 is 8.42 Å². The molecule has 0 aliphatic rings. The van der Waals surface area contributed by atoms with E-state index in [1.165, 1.54) is 11.4 Å². The lowest BCUT2D eigenvalue weighted by Crippen LogP contribution is -2.28. The van der Waals surface area contributed by atoms with E-state index in [0.29, 0.717) is 11.4 Å². The summed E-state index contributed by atoms with van der Waals surface area (Å²) < 4.78 is 29.6. The van der Waals surface area contributed by atoms with Crippen molar-refractivity contribution in [2.45, 2.75) is 38.1 Å². The molecule has 0 bridgehead atoms. The summed E-state index contributed by atoms with van der Waals surface area (Å²) in [6.07, 6.45) is 0. The summed E-state index contributed by atoms with van der Waals surface area (Å²) in [7, 11) is -2.31. The molecule has 1 heterocycles. The lowest BCUT2D eigenvalue weighted by atomic mass is 10.1. The van der Waals surface area contributed by atoms with Gasteiger partial charge in [0.2, 0.25) is 0 Å². The van der Waals surface area contributed by atoms with Gasteiger partial charge in [-0.15, -0.1) is 0 Å². The fourth-order valence-corrected chi connectivity index (χ4v) is 4.56. The molecule has 0 aliphatic carbocycles. The molecule has 0 amide bonds. The molecular weight excluding hydrogens is 382 g/mol. The second-order valence-electron chi connectivity index (χ2n) is 8.03. The Labute approximate surface area is 172 Å². The van der Waals surface area contributed by atoms with Crippen molar-refractivity contribution in [2.24, 2.45) is 0 Å². The molecule has 6 heteroatoms. The third kappa shape index (κ3) is 3.79. The molecule has 5 nitrogen and oxygen atoms in total. The highest BCUT2D eigenvalue weighted by molar-refractivity contribution is 7.92. The van der Waals surface area contributed by atoms with Gasteiger partial charge in [-0.25, -0.2) is 8.42 Å². The minimum atomic E-state index is -3.80. The first-order valence-electron chi connectivity index (χ1n) is 9.34. The number of aryl methyl sites for hydroxylation is 1. The molecule has 1 aromatic heterocycles. The average molecular weight is 408 g/mol. The SMILES string of the molecule is Cc1ccc(S(=O)(=O)N(C)c2cc(-c3ccccc3)n(C(C)(C)C)c2C#N)cc1. The Hall–Kier alpha value is -3.04. The largest absolute Gasteiger partial charge is 0.325 e. The molecule has 0 radical (unpaired) electrons. The van der Waals surface area contributed by atoms with Gasteiger partial charge in [-0.05, 0) is 51.5 Å². The molecule has 0 N–H and O–H groups in total. The fraction of sp³-hybridized carbons (Fsp3) is 0.261. The standard InChI is InChI=1S/C23H25N3O2S/c1-17-11-13-19(14-12-17)29(27,28)25(5)21-15-20(18-9-7-6-8-10-18)26(22(21)16-24)23(2,3)4/h6-15H,1-5H3. The molecule has 29 heavy (non-hydrogen) atoms. The van der Waals surface area contributed by atoms with Gasteiger partial charge >= 0.3 is 0 Å². The molecule has 0 spiro atoms. The lowest BCUT2D eigenvalue weighted by Gasteiger charge is -2.26. The first-order valence-corrected chi connectivity index (χ1v) is 10.8. The van der Waals surface area contributed by atoms with Crippen molar-refractivity contribution >= 4 is 15.7 Å². The second kappa shape index (κ2) is 7.41. The van der Waals surface area contributed by atoms with Gasteiger partial charge in [0.05, 0.1) is 16.3 Å². The molecule has 0 fully saturated rings. The lowest BCUT2D eigenvalue weighted by molar-refractivity contribution is 0.399. The first kappa shape index (κ1) is 20.7. The second-order valence-corrected chi connectivity index (χ2v) is 10.0. The zero-order chi connectivity index (χ0) is 21.4. The van der Waals surface area contributed by atoms with Gasteiger partial charge in [0.25, 0.3) is 10.0 Å². The van der Waals surface area contributed by atoms with Gasteiger partial charge in [0, 0.05) is 12.6 Å². The smallest absolute Gasteiger partial charge is 0.264 e. The molecule has 150 valence electrons. The van der Waals surface area contributed by atoms with Crippen molar-refractivity contribution in [3.05, 3.63) is 71.9 Å². The summed E-state index contributed by atoms with van der Waals surface area (Å²) in [6, 6.07) is 20.4. The highest BCUT2D eigenvalue weighted by atomic mass is 32.2. The maximum absolute atomic E-state index is 13.2. The van der Waals surface area contributed by atoms with Crippen LogP contribution in [0.4, 0.5) is 5.69 Å². The van der Waals surface area contributed by atoms with Crippen LogP contribution in [0.3, 0.4) is 0 Å².